The van der Waals surface area contributed by atoms with Gasteiger partial charge in [0.15, 0.2) is 0 Å². The van der Waals surface area contributed by atoms with E-state index in [1.807, 2.05) is 12.1 Å². The largest absolute Gasteiger partial charge is 0.385 e. The van der Waals surface area contributed by atoms with Crippen molar-refractivity contribution in [1.29, 1.82) is 0 Å². The maximum atomic E-state index is 12.2. The fourth-order valence-electron chi connectivity index (χ4n) is 2.54. The van der Waals surface area contributed by atoms with E-state index in [9.17, 15) is 9.59 Å². The molecule has 6 heteroatoms. The summed E-state index contributed by atoms with van der Waals surface area (Å²) in [4.78, 5) is 25.9. The highest BCUT2D eigenvalue weighted by Gasteiger charge is 2.35. The molecule has 1 saturated heterocycles. The molecule has 0 aliphatic carbocycles. The summed E-state index contributed by atoms with van der Waals surface area (Å²) in [7, 11) is 1.63. The number of likely N-dealkylation sites (tertiary alicyclic amines) is 1. The first-order valence-electron chi connectivity index (χ1n) is 7.42. The normalized spacial score (nSPS) is 17.8. The summed E-state index contributed by atoms with van der Waals surface area (Å²) >= 11 is 5.86. The summed E-state index contributed by atoms with van der Waals surface area (Å²) in [6.07, 6.45) is 1.76. The van der Waals surface area contributed by atoms with Crippen LogP contribution in [0.4, 0.5) is 0 Å². The van der Waals surface area contributed by atoms with Gasteiger partial charge in [-0.1, -0.05) is 23.7 Å². The fraction of sp³-hybridized carbons (Fsp3) is 0.500. The highest BCUT2D eigenvalue weighted by Crippen LogP contribution is 2.22. The van der Waals surface area contributed by atoms with Gasteiger partial charge < -0.3 is 15.0 Å². The Bertz CT molecular complexity index is 519. The summed E-state index contributed by atoms with van der Waals surface area (Å²) in [5.74, 6) is -0.0668. The zero-order valence-electron chi connectivity index (χ0n) is 12.7. The van der Waals surface area contributed by atoms with Crippen molar-refractivity contribution >= 4 is 23.4 Å². The molecule has 120 valence electrons. The van der Waals surface area contributed by atoms with Gasteiger partial charge in [0, 0.05) is 38.2 Å². The van der Waals surface area contributed by atoms with Crippen LogP contribution in [0.5, 0.6) is 0 Å². The summed E-state index contributed by atoms with van der Waals surface area (Å²) < 4.78 is 4.95. The van der Waals surface area contributed by atoms with Crippen LogP contribution in [0, 0.1) is 0 Å². The third kappa shape index (κ3) is 4.45. The summed E-state index contributed by atoms with van der Waals surface area (Å²) in [6, 6.07) is 6.95. The molecule has 1 fully saturated rings. The fourth-order valence-corrected chi connectivity index (χ4v) is 2.66. The van der Waals surface area contributed by atoms with Gasteiger partial charge in [0.25, 0.3) is 0 Å². The first-order valence-corrected chi connectivity index (χ1v) is 7.80. The van der Waals surface area contributed by atoms with Gasteiger partial charge in [-0.25, -0.2) is 0 Å². The van der Waals surface area contributed by atoms with Crippen molar-refractivity contribution in [2.45, 2.75) is 31.8 Å². The van der Waals surface area contributed by atoms with Gasteiger partial charge in [0.05, 0.1) is 0 Å². The quantitative estimate of drug-likeness (QED) is 0.780. The van der Waals surface area contributed by atoms with E-state index >= 15 is 0 Å². The first-order chi connectivity index (χ1) is 10.6. The Morgan fingerprint density at radius 2 is 2.14 bits per heavy atom. The first kappa shape index (κ1) is 16.8. The Hall–Kier alpha value is -1.59. The third-order valence-corrected chi connectivity index (χ3v) is 3.97. The van der Waals surface area contributed by atoms with Gasteiger partial charge in [0.2, 0.25) is 11.8 Å². The number of ether oxygens (including phenoxy) is 1. The van der Waals surface area contributed by atoms with Crippen LogP contribution in [0.15, 0.2) is 24.3 Å². The number of amides is 2. The Morgan fingerprint density at radius 1 is 1.41 bits per heavy atom. The van der Waals surface area contributed by atoms with Crippen LogP contribution in [0.25, 0.3) is 0 Å². The molecule has 1 N–H and O–H groups in total. The predicted octanol–water partition coefficient (Wildman–Crippen LogP) is 1.98. The summed E-state index contributed by atoms with van der Waals surface area (Å²) in [6.45, 7) is 1.61. The Morgan fingerprint density at radius 3 is 2.82 bits per heavy atom. The molecule has 1 aromatic rings. The second kappa shape index (κ2) is 8.15. The zero-order chi connectivity index (χ0) is 15.9. The Balaban J connectivity index is 1.93. The molecule has 5 nitrogen and oxygen atoms in total. The van der Waals surface area contributed by atoms with Crippen molar-refractivity contribution in [3.63, 3.8) is 0 Å². The summed E-state index contributed by atoms with van der Waals surface area (Å²) in [5.41, 5.74) is 0.969. The summed E-state index contributed by atoms with van der Waals surface area (Å²) in [5, 5.41) is 3.53. The number of methoxy groups -OCH3 is 1. The molecule has 1 aromatic carbocycles. The predicted molar refractivity (Wildman–Crippen MR) is 84.5 cm³/mol. The number of hydrogen-bond donors (Lipinski definition) is 1. The molecule has 0 unspecified atom stereocenters. The number of carbonyl (C=O) groups is 2. The van der Waals surface area contributed by atoms with Gasteiger partial charge in [-0.15, -0.1) is 0 Å². The number of carbonyl (C=O) groups excluding carboxylic acids is 2. The van der Waals surface area contributed by atoms with Gasteiger partial charge in [0.1, 0.15) is 6.04 Å². The number of halogens is 1. The van der Waals surface area contributed by atoms with E-state index < -0.39 is 0 Å². The highest BCUT2D eigenvalue weighted by atomic mass is 35.5. The van der Waals surface area contributed by atoms with Crippen LogP contribution in [-0.4, -0.2) is 43.0 Å². The minimum absolute atomic E-state index is 0.0204. The lowest BCUT2D eigenvalue weighted by molar-refractivity contribution is -0.135. The van der Waals surface area contributed by atoms with E-state index in [2.05, 4.69) is 5.32 Å². The standard InChI is InChI=1S/C16H21ClN2O3/c1-22-10-2-9-18-16(21)14-7-8-15(20)19(14)11-12-3-5-13(17)6-4-12/h3-6,14H,2,7-11H2,1H3,(H,18,21)/t14-/m0/s1. The van der Waals surface area contributed by atoms with Crippen molar-refractivity contribution in [3.8, 4) is 0 Å². The smallest absolute Gasteiger partial charge is 0.242 e. The monoisotopic (exact) mass is 324 g/mol. The van der Waals surface area contributed by atoms with Crippen LogP contribution in [0.1, 0.15) is 24.8 Å². The maximum Gasteiger partial charge on any atom is 0.242 e. The van der Waals surface area contributed by atoms with Crippen LogP contribution in [-0.2, 0) is 20.9 Å². The maximum absolute atomic E-state index is 12.2. The van der Waals surface area contributed by atoms with Gasteiger partial charge in [-0.05, 0) is 30.5 Å². The van der Waals surface area contributed by atoms with Gasteiger partial charge >= 0.3 is 0 Å². The zero-order valence-corrected chi connectivity index (χ0v) is 13.4. The molecule has 1 heterocycles. The highest BCUT2D eigenvalue weighted by molar-refractivity contribution is 6.30. The van der Waals surface area contributed by atoms with Crippen LogP contribution in [0.2, 0.25) is 5.02 Å². The van der Waals surface area contributed by atoms with Crippen LogP contribution in [0.3, 0.4) is 0 Å². The lowest BCUT2D eigenvalue weighted by Gasteiger charge is -2.24. The van der Waals surface area contributed by atoms with E-state index in [0.29, 0.717) is 37.6 Å². The molecule has 0 bridgehead atoms. The molecule has 1 atom stereocenters. The molecule has 0 spiro atoms. The number of benzene rings is 1. The molecule has 1 aliphatic heterocycles. The Kier molecular flexibility index (Phi) is 6.21. The molecule has 0 aromatic heterocycles. The number of hydrogen-bond acceptors (Lipinski definition) is 3. The average molecular weight is 325 g/mol. The van der Waals surface area contributed by atoms with Gasteiger partial charge in [-0.2, -0.15) is 0 Å². The molecule has 22 heavy (non-hydrogen) atoms. The molecular weight excluding hydrogens is 304 g/mol. The minimum atomic E-state index is -0.384. The second-order valence-electron chi connectivity index (χ2n) is 5.34. The number of rotatable bonds is 7. The van der Waals surface area contributed by atoms with E-state index in [1.165, 1.54) is 0 Å². The molecule has 2 rings (SSSR count). The van der Waals surface area contributed by atoms with Crippen LogP contribution < -0.4 is 5.32 Å². The van der Waals surface area contributed by atoms with Crippen molar-refractivity contribution < 1.29 is 14.3 Å². The molecule has 2 amide bonds. The van der Waals surface area contributed by atoms with E-state index in [1.54, 1.807) is 24.1 Å². The SMILES string of the molecule is COCCCNC(=O)[C@@H]1CCC(=O)N1Cc1ccc(Cl)cc1. The number of nitrogens with zero attached hydrogens (tertiary/aromatic N) is 1. The van der Waals surface area contributed by atoms with E-state index in [0.717, 1.165) is 12.0 Å². The number of nitrogens with one attached hydrogen (secondary N) is 1. The lowest BCUT2D eigenvalue weighted by Crippen LogP contribution is -2.44. The van der Waals surface area contributed by atoms with Crippen molar-refractivity contribution in [3.05, 3.63) is 34.9 Å². The van der Waals surface area contributed by atoms with Crippen molar-refractivity contribution in [1.82, 2.24) is 10.2 Å². The minimum Gasteiger partial charge on any atom is -0.385 e. The topological polar surface area (TPSA) is 58.6 Å². The van der Waals surface area contributed by atoms with E-state index in [4.69, 9.17) is 16.3 Å². The van der Waals surface area contributed by atoms with Crippen LogP contribution >= 0.6 is 11.6 Å². The Labute approximate surface area is 135 Å². The lowest BCUT2D eigenvalue weighted by atomic mass is 10.1. The van der Waals surface area contributed by atoms with Crippen molar-refractivity contribution in [2.24, 2.45) is 0 Å². The molecular formula is C16H21ClN2O3. The average Bonchev–Trinajstić information content (AvgIpc) is 2.87. The van der Waals surface area contributed by atoms with Gasteiger partial charge in [-0.3, -0.25) is 9.59 Å². The molecule has 1 aliphatic rings. The van der Waals surface area contributed by atoms with E-state index in [-0.39, 0.29) is 17.9 Å². The molecule has 0 saturated carbocycles. The third-order valence-electron chi connectivity index (χ3n) is 3.72. The second-order valence-corrected chi connectivity index (χ2v) is 5.78. The molecule has 0 radical (unpaired) electrons. The van der Waals surface area contributed by atoms with Crippen molar-refractivity contribution in [2.75, 3.05) is 20.3 Å².